The Kier molecular flexibility index (Phi) is 3.39. The number of hydrogen-bond donors (Lipinski definition) is 1. The second-order valence-corrected chi connectivity index (χ2v) is 3.77. The van der Waals surface area contributed by atoms with Crippen LogP contribution in [-0.2, 0) is 6.54 Å². The van der Waals surface area contributed by atoms with Crippen molar-refractivity contribution in [2.24, 2.45) is 5.73 Å². The molecular formula is C12H15N3O2. The second kappa shape index (κ2) is 4.97. The number of ether oxygens (including phenoxy) is 1. The molecule has 0 aliphatic carbocycles. The van der Waals surface area contributed by atoms with Gasteiger partial charge in [0.15, 0.2) is 0 Å². The summed E-state index contributed by atoms with van der Waals surface area (Å²) < 4.78 is 6.68. The van der Waals surface area contributed by atoms with Gasteiger partial charge in [-0.2, -0.15) is 0 Å². The van der Waals surface area contributed by atoms with Gasteiger partial charge in [-0.05, 0) is 31.2 Å². The van der Waals surface area contributed by atoms with E-state index in [1.54, 1.807) is 36.2 Å². The van der Waals surface area contributed by atoms with Crippen LogP contribution >= 0.6 is 0 Å². The average Bonchev–Trinajstić information content (AvgIpc) is 2.38. The molecule has 0 aliphatic rings. The molecule has 2 aromatic rings. The van der Waals surface area contributed by atoms with Crippen LogP contribution in [0.2, 0.25) is 0 Å². The van der Waals surface area contributed by atoms with E-state index in [2.05, 4.69) is 4.98 Å². The molecule has 0 unspecified atom stereocenters. The van der Waals surface area contributed by atoms with Crippen LogP contribution in [0, 0.1) is 0 Å². The fourth-order valence-electron chi connectivity index (χ4n) is 1.69. The lowest BCUT2D eigenvalue weighted by molar-refractivity contribution is 0.415. The zero-order valence-electron chi connectivity index (χ0n) is 9.72. The smallest absolute Gasteiger partial charge is 0.261 e. The topological polar surface area (TPSA) is 70.1 Å². The number of aromatic nitrogens is 2. The predicted octanol–water partition coefficient (Wildman–Crippen LogP) is 0.754. The number of aryl methyl sites for hydroxylation is 1. The highest BCUT2D eigenvalue weighted by molar-refractivity contribution is 5.78. The Bertz CT molecular complexity index is 577. The monoisotopic (exact) mass is 233 g/mol. The highest BCUT2D eigenvalue weighted by Crippen LogP contribution is 2.15. The molecule has 5 nitrogen and oxygen atoms in total. The summed E-state index contributed by atoms with van der Waals surface area (Å²) >= 11 is 0. The summed E-state index contributed by atoms with van der Waals surface area (Å²) in [6, 6.07) is 5.28. The molecule has 0 atom stereocenters. The molecule has 1 aromatic heterocycles. The summed E-state index contributed by atoms with van der Waals surface area (Å²) in [6.45, 7) is 1.15. The zero-order chi connectivity index (χ0) is 12.3. The third-order valence-corrected chi connectivity index (χ3v) is 2.63. The van der Waals surface area contributed by atoms with Crippen molar-refractivity contribution in [1.29, 1.82) is 0 Å². The Morgan fingerprint density at radius 2 is 2.29 bits per heavy atom. The van der Waals surface area contributed by atoms with E-state index >= 15 is 0 Å². The third-order valence-electron chi connectivity index (χ3n) is 2.63. The van der Waals surface area contributed by atoms with Crippen LogP contribution < -0.4 is 16.0 Å². The van der Waals surface area contributed by atoms with Gasteiger partial charge in [-0.3, -0.25) is 9.36 Å². The van der Waals surface area contributed by atoms with E-state index in [-0.39, 0.29) is 5.56 Å². The van der Waals surface area contributed by atoms with E-state index in [4.69, 9.17) is 10.5 Å². The number of benzene rings is 1. The first-order valence-electron chi connectivity index (χ1n) is 5.49. The maximum absolute atomic E-state index is 12.1. The lowest BCUT2D eigenvalue weighted by Crippen LogP contribution is -2.21. The molecular weight excluding hydrogens is 218 g/mol. The molecule has 90 valence electrons. The second-order valence-electron chi connectivity index (χ2n) is 3.77. The van der Waals surface area contributed by atoms with Crippen molar-refractivity contribution in [2.75, 3.05) is 13.7 Å². The van der Waals surface area contributed by atoms with Gasteiger partial charge in [0.2, 0.25) is 0 Å². The van der Waals surface area contributed by atoms with Crippen LogP contribution in [0.25, 0.3) is 10.9 Å². The van der Waals surface area contributed by atoms with Crippen molar-refractivity contribution < 1.29 is 4.74 Å². The lowest BCUT2D eigenvalue weighted by atomic mass is 10.2. The molecule has 1 heterocycles. The average molecular weight is 233 g/mol. The molecule has 0 aliphatic heterocycles. The minimum absolute atomic E-state index is 0.0534. The van der Waals surface area contributed by atoms with Gasteiger partial charge in [0.05, 0.1) is 24.3 Å². The van der Waals surface area contributed by atoms with E-state index in [1.165, 1.54) is 0 Å². The van der Waals surface area contributed by atoms with Gasteiger partial charge in [-0.1, -0.05) is 0 Å². The summed E-state index contributed by atoms with van der Waals surface area (Å²) in [5.74, 6) is 0.660. The normalized spacial score (nSPS) is 10.7. The number of nitrogens with two attached hydrogens (primary N) is 1. The molecule has 2 rings (SSSR count). The number of rotatable bonds is 4. The van der Waals surface area contributed by atoms with Crippen molar-refractivity contribution in [3.8, 4) is 5.75 Å². The first kappa shape index (κ1) is 11.6. The van der Waals surface area contributed by atoms with E-state index in [1.807, 2.05) is 0 Å². The Labute approximate surface area is 98.8 Å². The SMILES string of the molecule is COc1ccc2ncn(CCCN)c(=O)c2c1. The minimum atomic E-state index is -0.0534. The maximum atomic E-state index is 12.1. The highest BCUT2D eigenvalue weighted by atomic mass is 16.5. The molecule has 0 bridgehead atoms. The Balaban J connectivity index is 2.52. The molecule has 0 saturated heterocycles. The number of nitrogens with zero attached hydrogens (tertiary/aromatic N) is 2. The first-order chi connectivity index (χ1) is 8.26. The van der Waals surface area contributed by atoms with E-state index in [9.17, 15) is 4.79 Å². The van der Waals surface area contributed by atoms with Crippen LogP contribution in [0.4, 0.5) is 0 Å². The number of fused-ring (bicyclic) bond motifs is 1. The standard InChI is InChI=1S/C12H15N3O2/c1-17-9-3-4-11-10(7-9)12(16)15(8-14-11)6-2-5-13/h3-4,7-8H,2,5-6,13H2,1H3. The molecule has 1 aromatic carbocycles. The van der Waals surface area contributed by atoms with Gasteiger partial charge in [0, 0.05) is 6.54 Å². The maximum Gasteiger partial charge on any atom is 0.261 e. The molecule has 0 amide bonds. The van der Waals surface area contributed by atoms with E-state index < -0.39 is 0 Å². The summed E-state index contributed by atoms with van der Waals surface area (Å²) in [5.41, 5.74) is 6.06. The Morgan fingerprint density at radius 1 is 1.47 bits per heavy atom. The molecule has 0 saturated carbocycles. The molecule has 0 spiro atoms. The lowest BCUT2D eigenvalue weighted by Gasteiger charge is -2.06. The number of hydrogen-bond acceptors (Lipinski definition) is 4. The van der Waals surface area contributed by atoms with Gasteiger partial charge in [0.25, 0.3) is 5.56 Å². The van der Waals surface area contributed by atoms with Gasteiger partial charge in [-0.25, -0.2) is 4.98 Å². The van der Waals surface area contributed by atoms with Crippen LogP contribution in [-0.4, -0.2) is 23.2 Å². The van der Waals surface area contributed by atoms with E-state index in [0.717, 1.165) is 6.42 Å². The fraction of sp³-hybridized carbons (Fsp3) is 0.333. The van der Waals surface area contributed by atoms with Gasteiger partial charge in [-0.15, -0.1) is 0 Å². The van der Waals surface area contributed by atoms with Gasteiger partial charge in [0.1, 0.15) is 5.75 Å². The zero-order valence-corrected chi connectivity index (χ0v) is 9.72. The third kappa shape index (κ3) is 2.29. The van der Waals surface area contributed by atoms with Crippen molar-refractivity contribution in [3.05, 3.63) is 34.9 Å². The summed E-state index contributed by atoms with van der Waals surface area (Å²) in [5, 5.41) is 0.573. The first-order valence-corrected chi connectivity index (χ1v) is 5.49. The minimum Gasteiger partial charge on any atom is -0.497 e. The van der Waals surface area contributed by atoms with Crippen LogP contribution in [0.3, 0.4) is 0 Å². The van der Waals surface area contributed by atoms with Gasteiger partial charge >= 0.3 is 0 Å². The van der Waals surface area contributed by atoms with Crippen molar-refractivity contribution in [3.63, 3.8) is 0 Å². The van der Waals surface area contributed by atoms with Crippen molar-refractivity contribution >= 4 is 10.9 Å². The Morgan fingerprint density at radius 3 is 3.00 bits per heavy atom. The van der Waals surface area contributed by atoms with Gasteiger partial charge < -0.3 is 10.5 Å². The fourth-order valence-corrected chi connectivity index (χ4v) is 1.69. The van der Waals surface area contributed by atoms with E-state index in [0.29, 0.717) is 29.7 Å². The van der Waals surface area contributed by atoms with Crippen molar-refractivity contribution in [2.45, 2.75) is 13.0 Å². The van der Waals surface area contributed by atoms with Crippen LogP contribution in [0.5, 0.6) is 5.75 Å². The summed E-state index contributed by atoms with van der Waals surface area (Å²) in [6.07, 6.45) is 2.32. The quantitative estimate of drug-likeness (QED) is 0.846. The molecule has 17 heavy (non-hydrogen) atoms. The summed E-state index contributed by atoms with van der Waals surface area (Å²) in [7, 11) is 1.57. The summed E-state index contributed by atoms with van der Waals surface area (Å²) in [4.78, 5) is 16.4. The number of methoxy groups -OCH3 is 1. The largest absolute Gasteiger partial charge is 0.497 e. The van der Waals surface area contributed by atoms with Crippen molar-refractivity contribution in [1.82, 2.24) is 9.55 Å². The highest BCUT2D eigenvalue weighted by Gasteiger charge is 2.04. The molecule has 0 fully saturated rings. The Hall–Kier alpha value is -1.88. The van der Waals surface area contributed by atoms with Crippen LogP contribution in [0.1, 0.15) is 6.42 Å². The molecule has 2 N–H and O–H groups in total. The van der Waals surface area contributed by atoms with Crippen LogP contribution in [0.15, 0.2) is 29.3 Å². The molecule has 5 heteroatoms. The molecule has 0 radical (unpaired) electrons. The predicted molar refractivity (Wildman–Crippen MR) is 66.2 cm³/mol.